The van der Waals surface area contributed by atoms with Crippen molar-refractivity contribution in [3.8, 4) is 0 Å². The number of hydrogen-bond acceptors (Lipinski definition) is 1. The molecule has 1 heteroatoms. The lowest BCUT2D eigenvalue weighted by Crippen LogP contribution is -2.18. The van der Waals surface area contributed by atoms with E-state index in [1.54, 1.807) is 0 Å². The van der Waals surface area contributed by atoms with Crippen molar-refractivity contribution in [2.75, 3.05) is 13.6 Å². The van der Waals surface area contributed by atoms with Gasteiger partial charge in [-0.3, -0.25) is 0 Å². The maximum atomic E-state index is 4.23. The Bertz CT molecular complexity index is 232. The van der Waals surface area contributed by atoms with Crippen LogP contribution >= 0.6 is 0 Å². The molecule has 0 amide bonds. The number of rotatable bonds is 13. The van der Waals surface area contributed by atoms with Crippen molar-refractivity contribution < 1.29 is 0 Å². The molecule has 0 spiro atoms. The minimum absolute atomic E-state index is 0.834. The first kappa shape index (κ1) is 19.5. The third-order valence-electron chi connectivity index (χ3n) is 4.65. The summed E-state index contributed by atoms with van der Waals surface area (Å²) in [6.07, 6.45) is 12.0. The van der Waals surface area contributed by atoms with Gasteiger partial charge in [0, 0.05) is 19.3 Å². The molecule has 0 bridgehead atoms. The van der Waals surface area contributed by atoms with Crippen molar-refractivity contribution in [3.63, 3.8) is 0 Å². The van der Waals surface area contributed by atoms with Gasteiger partial charge in [-0.25, -0.2) is 0 Å². The molecule has 1 unspecified atom stereocenters. The quantitative estimate of drug-likeness (QED) is 0.360. The molecule has 1 atom stereocenters. The van der Waals surface area contributed by atoms with Gasteiger partial charge in [0.2, 0.25) is 0 Å². The van der Waals surface area contributed by atoms with Crippen LogP contribution in [0.1, 0.15) is 85.5 Å². The highest BCUT2D eigenvalue weighted by molar-refractivity contribution is 4.91. The van der Waals surface area contributed by atoms with Gasteiger partial charge in [-0.05, 0) is 31.1 Å². The molecule has 0 aromatic carbocycles. The van der Waals surface area contributed by atoms with Crippen LogP contribution in [0.3, 0.4) is 0 Å². The van der Waals surface area contributed by atoms with Gasteiger partial charge >= 0.3 is 0 Å². The lowest BCUT2D eigenvalue weighted by atomic mass is 9.92. The lowest BCUT2D eigenvalue weighted by molar-refractivity contribution is 0.354. The van der Waals surface area contributed by atoms with Crippen LogP contribution in [0.5, 0.6) is 0 Å². The van der Waals surface area contributed by atoms with Crippen molar-refractivity contribution >= 4 is 0 Å². The van der Waals surface area contributed by atoms with Crippen LogP contribution in [0.4, 0.5) is 0 Å². The molecule has 0 fully saturated rings. The standard InChI is InChI=1S/C19H39N/c1-7-8-9-12-15-19(5)20(6)16-13-10-11-14-18(4)17(2)3/h17-18H,5,7-16H2,1-4,6H3. The van der Waals surface area contributed by atoms with Crippen molar-refractivity contribution in [2.24, 2.45) is 11.8 Å². The van der Waals surface area contributed by atoms with E-state index in [1.807, 2.05) is 0 Å². The van der Waals surface area contributed by atoms with Crippen LogP contribution in [0.15, 0.2) is 12.3 Å². The SMILES string of the molecule is C=C(CCCCCC)N(C)CCCCCC(C)C(C)C. The molecule has 0 aromatic rings. The number of hydrogen-bond donors (Lipinski definition) is 0. The summed E-state index contributed by atoms with van der Waals surface area (Å²) in [5.74, 6) is 1.71. The van der Waals surface area contributed by atoms with Crippen LogP contribution in [0, 0.1) is 11.8 Å². The molecule has 0 saturated heterocycles. The van der Waals surface area contributed by atoms with Gasteiger partial charge in [0.15, 0.2) is 0 Å². The summed E-state index contributed by atoms with van der Waals surface area (Å²) in [5.41, 5.74) is 1.33. The second-order valence-electron chi connectivity index (χ2n) is 6.87. The van der Waals surface area contributed by atoms with Gasteiger partial charge < -0.3 is 4.90 Å². The van der Waals surface area contributed by atoms with E-state index in [4.69, 9.17) is 0 Å². The first-order valence-corrected chi connectivity index (χ1v) is 8.87. The first-order chi connectivity index (χ1) is 9.49. The molecule has 0 aliphatic heterocycles. The maximum Gasteiger partial charge on any atom is 0.0171 e. The fraction of sp³-hybridized carbons (Fsp3) is 0.895. The van der Waals surface area contributed by atoms with Gasteiger partial charge in [-0.2, -0.15) is 0 Å². The van der Waals surface area contributed by atoms with Crippen LogP contribution in [0.25, 0.3) is 0 Å². The van der Waals surface area contributed by atoms with E-state index < -0.39 is 0 Å². The third-order valence-corrected chi connectivity index (χ3v) is 4.65. The Kier molecular flexibility index (Phi) is 12.0. The summed E-state index contributed by atoms with van der Waals surface area (Å²) in [4.78, 5) is 2.37. The fourth-order valence-electron chi connectivity index (χ4n) is 2.43. The molecule has 20 heavy (non-hydrogen) atoms. The molecule has 0 saturated carbocycles. The first-order valence-electron chi connectivity index (χ1n) is 8.87. The summed E-state index contributed by atoms with van der Waals surface area (Å²) in [6, 6.07) is 0. The summed E-state index contributed by atoms with van der Waals surface area (Å²) in [6.45, 7) is 14.7. The molecular weight excluding hydrogens is 242 g/mol. The molecule has 0 aliphatic rings. The van der Waals surface area contributed by atoms with Crippen LogP contribution in [-0.2, 0) is 0 Å². The molecule has 0 radical (unpaired) electrons. The number of unbranched alkanes of at least 4 members (excludes halogenated alkanes) is 5. The van der Waals surface area contributed by atoms with E-state index in [-0.39, 0.29) is 0 Å². The normalized spacial score (nSPS) is 12.7. The van der Waals surface area contributed by atoms with E-state index >= 15 is 0 Å². The summed E-state index contributed by atoms with van der Waals surface area (Å²) < 4.78 is 0. The fourth-order valence-corrected chi connectivity index (χ4v) is 2.43. The second kappa shape index (κ2) is 12.3. The number of allylic oxidation sites excluding steroid dienone is 1. The van der Waals surface area contributed by atoms with E-state index in [9.17, 15) is 0 Å². The zero-order valence-corrected chi connectivity index (χ0v) is 14.9. The van der Waals surface area contributed by atoms with E-state index in [1.165, 1.54) is 70.0 Å². The topological polar surface area (TPSA) is 3.24 Å². The Morgan fingerprint density at radius 1 is 0.950 bits per heavy atom. The van der Waals surface area contributed by atoms with Gasteiger partial charge in [0.1, 0.15) is 0 Å². The van der Waals surface area contributed by atoms with Crippen LogP contribution in [0.2, 0.25) is 0 Å². The summed E-state index contributed by atoms with van der Waals surface area (Å²) in [5, 5.41) is 0. The average Bonchev–Trinajstić information content (AvgIpc) is 2.42. The smallest absolute Gasteiger partial charge is 0.0171 e. The Morgan fingerprint density at radius 3 is 2.20 bits per heavy atom. The Hall–Kier alpha value is -0.460. The molecule has 0 heterocycles. The molecular formula is C19H39N. The van der Waals surface area contributed by atoms with Gasteiger partial charge in [-0.1, -0.05) is 72.8 Å². The lowest BCUT2D eigenvalue weighted by Gasteiger charge is -2.22. The van der Waals surface area contributed by atoms with Crippen LogP contribution in [-0.4, -0.2) is 18.5 Å². The van der Waals surface area contributed by atoms with Crippen molar-refractivity contribution in [3.05, 3.63) is 12.3 Å². The van der Waals surface area contributed by atoms with Gasteiger partial charge in [0.05, 0.1) is 0 Å². The zero-order chi connectivity index (χ0) is 15.4. The average molecular weight is 282 g/mol. The van der Waals surface area contributed by atoms with Crippen LogP contribution < -0.4 is 0 Å². The predicted molar refractivity (Wildman–Crippen MR) is 93.0 cm³/mol. The molecule has 0 aromatic heterocycles. The second-order valence-corrected chi connectivity index (χ2v) is 6.87. The number of nitrogens with zero attached hydrogens (tertiary/aromatic N) is 1. The Balaban J connectivity index is 3.52. The van der Waals surface area contributed by atoms with E-state index in [2.05, 4.69) is 46.2 Å². The van der Waals surface area contributed by atoms with E-state index in [0.717, 1.165) is 11.8 Å². The monoisotopic (exact) mass is 281 g/mol. The largest absolute Gasteiger partial charge is 0.378 e. The molecule has 1 nitrogen and oxygen atoms in total. The van der Waals surface area contributed by atoms with Crippen molar-refractivity contribution in [1.29, 1.82) is 0 Å². The zero-order valence-electron chi connectivity index (χ0n) is 14.9. The maximum absolute atomic E-state index is 4.23. The van der Waals surface area contributed by atoms with Gasteiger partial charge in [-0.15, -0.1) is 0 Å². The van der Waals surface area contributed by atoms with Crippen molar-refractivity contribution in [2.45, 2.75) is 85.5 Å². The Morgan fingerprint density at radius 2 is 1.60 bits per heavy atom. The Labute approximate surface area is 128 Å². The van der Waals surface area contributed by atoms with Gasteiger partial charge in [0.25, 0.3) is 0 Å². The third kappa shape index (κ3) is 10.3. The highest BCUT2D eigenvalue weighted by Crippen LogP contribution is 2.18. The highest BCUT2D eigenvalue weighted by atomic mass is 15.1. The molecule has 0 N–H and O–H groups in total. The minimum Gasteiger partial charge on any atom is -0.378 e. The molecule has 0 rings (SSSR count). The summed E-state index contributed by atoms with van der Waals surface area (Å²) >= 11 is 0. The summed E-state index contributed by atoms with van der Waals surface area (Å²) in [7, 11) is 2.21. The van der Waals surface area contributed by atoms with Crippen molar-refractivity contribution in [1.82, 2.24) is 4.90 Å². The highest BCUT2D eigenvalue weighted by Gasteiger charge is 2.06. The molecule has 120 valence electrons. The molecule has 0 aliphatic carbocycles. The predicted octanol–water partition coefficient (Wildman–Crippen LogP) is 6.25. The van der Waals surface area contributed by atoms with E-state index in [0.29, 0.717) is 0 Å². The minimum atomic E-state index is 0.834.